The Labute approximate surface area is 106 Å². The zero-order valence-electron chi connectivity index (χ0n) is 9.54. The molecule has 0 spiro atoms. The van der Waals surface area contributed by atoms with E-state index in [-0.39, 0.29) is 21.5 Å². The van der Waals surface area contributed by atoms with Crippen LogP contribution in [0.4, 0.5) is 11.4 Å². The average molecular weight is 335 g/mol. The van der Waals surface area contributed by atoms with Gasteiger partial charge in [-0.15, -0.1) is 0 Å². The fourth-order valence-electron chi connectivity index (χ4n) is 1.21. The molecule has 0 heterocycles. The third-order valence-corrected chi connectivity index (χ3v) is 2.83. The molecule has 0 fully saturated rings. The number of rotatable bonds is 4. The van der Waals surface area contributed by atoms with Crippen molar-refractivity contribution in [2.24, 2.45) is 8.94 Å². The second-order valence-electron chi connectivity index (χ2n) is 3.12. The van der Waals surface area contributed by atoms with Crippen LogP contribution in [0.5, 0.6) is 0 Å². The summed E-state index contributed by atoms with van der Waals surface area (Å²) in [6.07, 6.45) is 0. The van der Waals surface area contributed by atoms with E-state index in [9.17, 15) is 0 Å². The molecule has 0 amide bonds. The van der Waals surface area contributed by atoms with Crippen molar-refractivity contribution >= 4 is 17.3 Å². The number of guanidine groups is 1. The van der Waals surface area contributed by atoms with E-state index in [4.69, 9.17) is 10.6 Å². The first kappa shape index (κ1) is 13.0. The van der Waals surface area contributed by atoms with Crippen LogP contribution < -0.4 is 38.0 Å². The van der Waals surface area contributed by atoms with Gasteiger partial charge in [-0.2, -0.15) is 0 Å². The molecule has 1 aromatic rings. The molecule has 6 heteroatoms. The van der Waals surface area contributed by atoms with Gasteiger partial charge in [0, 0.05) is 0 Å². The quantitative estimate of drug-likeness (QED) is 0.202. The van der Waals surface area contributed by atoms with Crippen LogP contribution in [0.2, 0.25) is 0 Å². The van der Waals surface area contributed by atoms with E-state index in [0.717, 1.165) is 16.9 Å². The van der Waals surface area contributed by atoms with Crippen LogP contribution in [-0.2, 0) is 4.84 Å². The topological polar surface area (TPSA) is 71.7 Å². The zero-order chi connectivity index (χ0) is 12.0. The van der Waals surface area contributed by atoms with Crippen LogP contribution in [0.3, 0.4) is 0 Å². The molecule has 0 aliphatic rings. The van der Waals surface area contributed by atoms with Gasteiger partial charge in [0.25, 0.3) is 0 Å². The summed E-state index contributed by atoms with van der Waals surface area (Å²) in [5.41, 5.74) is 11.4. The second kappa shape index (κ2) is 6.54. The molecule has 0 aliphatic carbocycles. The van der Waals surface area contributed by atoms with E-state index in [1.54, 1.807) is 7.11 Å². The van der Waals surface area contributed by atoms with Gasteiger partial charge in [-0.25, -0.2) is 0 Å². The summed E-state index contributed by atoms with van der Waals surface area (Å²) >= 11 is -0.207. The molecule has 90 valence electrons. The van der Waals surface area contributed by atoms with E-state index in [1.165, 1.54) is 0 Å². The first-order valence-electron chi connectivity index (χ1n) is 4.66. The van der Waals surface area contributed by atoms with Crippen molar-refractivity contribution in [3.63, 3.8) is 0 Å². The zero-order valence-corrected chi connectivity index (χ0v) is 11.7. The Morgan fingerprint density at radius 2 is 2.19 bits per heavy atom. The van der Waals surface area contributed by atoms with Crippen LogP contribution in [0.25, 0.3) is 0 Å². The van der Waals surface area contributed by atoms with Crippen molar-refractivity contribution in [1.82, 2.24) is 0 Å². The Balaban J connectivity index is 2.89. The van der Waals surface area contributed by atoms with Crippen LogP contribution in [0.1, 0.15) is 5.56 Å². The van der Waals surface area contributed by atoms with E-state index in [1.807, 2.05) is 30.1 Å². The Morgan fingerprint density at radius 1 is 1.44 bits per heavy atom. The number of nitrogens with zero attached hydrogens (tertiary/aromatic N) is 1. The molecule has 4 N–H and O–H groups in total. The fraction of sp³-hybridized carbons (Fsp3) is 0.300. The maximum atomic E-state index is 5.72. The molecule has 0 saturated heterocycles. The van der Waals surface area contributed by atoms with Crippen molar-refractivity contribution in [1.29, 1.82) is 0 Å². The Bertz CT molecular complexity index is 381. The van der Waals surface area contributed by atoms with Crippen molar-refractivity contribution < 1.29 is 26.3 Å². The monoisotopic (exact) mass is 335 g/mol. The molecule has 0 aliphatic heterocycles. The van der Waals surface area contributed by atoms with Gasteiger partial charge >= 0.3 is 106 Å². The summed E-state index contributed by atoms with van der Waals surface area (Å²) in [5.74, 6) is 0.443. The summed E-state index contributed by atoms with van der Waals surface area (Å²) in [6, 6.07) is 5.91. The summed E-state index contributed by atoms with van der Waals surface area (Å²) in [6.45, 7) is 2.01. The molecule has 0 unspecified atom stereocenters. The summed E-state index contributed by atoms with van der Waals surface area (Å²) in [5, 5.41) is 3.04. The van der Waals surface area contributed by atoms with Gasteiger partial charge in [0.2, 0.25) is 0 Å². The molecular formula is C10H16IN4O-. The number of aryl methyl sites for hydroxylation is 1. The minimum atomic E-state index is -0.207. The summed E-state index contributed by atoms with van der Waals surface area (Å²) in [4.78, 5) is 6.94. The fourth-order valence-corrected chi connectivity index (χ4v) is 1.85. The van der Waals surface area contributed by atoms with Crippen molar-refractivity contribution in [3.05, 3.63) is 23.8 Å². The number of benzene rings is 1. The van der Waals surface area contributed by atoms with E-state index < -0.39 is 0 Å². The SMILES string of the molecule is CONc1cc(C)ccc1NC(N)=N[I-]C. The van der Waals surface area contributed by atoms with Gasteiger partial charge in [0.15, 0.2) is 0 Å². The first-order valence-corrected chi connectivity index (χ1v) is 7.78. The van der Waals surface area contributed by atoms with Crippen molar-refractivity contribution in [2.45, 2.75) is 6.92 Å². The number of hydrogen-bond donors (Lipinski definition) is 3. The second-order valence-corrected chi connectivity index (χ2v) is 4.57. The standard InChI is InChI=1S/C10H16IN4O/c1-7-4-5-8(9(6-7)15-16-3)13-10(12)14-11-2/h4-6,15H,1-3H3,(H3,12,13,14)/q-1. The number of anilines is 2. The molecule has 16 heavy (non-hydrogen) atoms. The summed E-state index contributed by atoms with van der Waals surface area (Å²) < 4.78 is 4.17. The molecule has 0 atom stereocenters. The third kappa shape index (κ3) is 3.86. The minimum absolute atomic E-state index is 0.207. The van der Waals surface area contributed by atoms with Gasteiger partial charge in [-0.1, -0.05) is 0 Å². The van der Waals surface area contributed by atoms with Crippen LogP contribution >= 0.6 is 0 Å². The first-order chi connectivity index (χ1) is 7.67. The van der Waals surface area contributed by atoms with E-state index >= 15 is 0 Å². The average Bonchev–Trinajstić information content (AvgIpc) is 2.23. The molecule has 1 rings (SSSR count). The number of halogens is 1. The third-order valence-electron chi connectivity index (χ3n) is 1.83. The van der Waals surface area contributed by atoms with E-state index in [0.29, 0.717) is 5.96 Å². The normalized spacial score (nSPS) is 11.6. The number of nitrogens with two attached hydrogens (primary N) is 1. The van der Waals surface area contributed by atoms with Crippen LogP contribution in [0, 0.1) is 6.92 Å². The van der Waals surface area contributed by atoms with Crippen molar-refractivity contribution in [2.75, 3.05) is 22.8 Å². The molecular weight excluding hydrogens is 319 g/mol. The van der Waals surface area contributed by atoms with Crippen LogP contribution in [0.15, 0.2) is 21.4 Å². The van der Waals surface area contributed by atoms with Gasteiger partial charge in [0.05, 0.1) is 0 Å². The molecule has 0 radical (unpaired) electrons. The Kier molecular flexibility index (Phi) is 5.33. The van der Waals surface area contributed by atoms with Crippen molar-refractivity contribution in [3.8, 4) is 0 Å². The number of hydrogen-bond acceptors (Lipinski definition) is 3. The molecule has 5 nitrogen and oxygen atoms in total. The van der Waals surface area contributed by atoms with Gasteiger partial charge in [-0.3, -0.25) is 0 Å². The predicted molar refractivity (Wildman–Crippen MR) is 63.0 cm³/mol. The maximum absolute atomic E-state index is 5.72. The number of nitrogens with one attached hydrogen (secondary N) is 2. The molecule has 0 saturated carbocycles. The van der Waals surface area contributed by atoms with E-state index in [2.05, 4.69) is 14.0 Å². The Hall–Kier alpha value is -1.02. The van der Waals surface area contributed by atoms with Gasteiger partial charge in [-0.05, 0) is 0 Å². The van der Waals surface area contributed by atoms with Gasteiger partial charge in [0.1, 0.15) is 0 Å². The van der Waals surface area contributed by atoms with Crippen LogP contribution in [-0.4, -0.2) is 18.0 Å². The number of alkyl halides is 1. The summed E-state index contributed by atoms with van der Waals surface area (Å²) in [7, 11) is 1.57. The molecule has 1 aromatic carbocycles. The molecule has 0 aromatic heterocycles. The molecule has 0 bridgehead atoms. The predicted octanol–water partition coefficient (Wildman–Crippen LogP) is -1.67. The Morgan fingerprint density at radius 3 is 2.81 bits per heavy atom. The van der Waals surface area contributed by atoms with Gasteiger partial charge < -0.3 is 0 Å².